The minimum atomic E-state index is -1.22. The lowest BCUT2D eigenvalue weighted by Gasteiger charge is -1.95. The standard InChI is InChI=1S/C8H6N2O4/c1-13-6-5-4(2-3-9-6)10-7(14-5)8(11)12/h2-3H,1H3,(H,11,12). The highest BCUT2D eigenvalue weighted by Gasteiger charge is 2.15. The molecule has 2 aromatic heterocycles. The highest BCUT2D eigenvalue weighted by molar-refractivity contribution is 5.87. The summed E-state index contributed by atoms with van der Waals surface area (Å²) in [5.74, 6) is -1.36. The summed E-state index contributed by atoms with van der Waals surface area (Å²) < 4.78 is 9.84. The zero-order valence-corrected chi connectivity index (χ0v) is 7.22. The predicted octanol–water partition coefficient (Wildman–Crippen LogP) is 0.930. The molecule has 0 aliphatic heterocycles. The number of fused-ring (bicyclic) bond motifs is 1. The Morgan fingerprint density at radius 1 is 1.64 bits per heavy atom. The van der Waals surface area contributed by atoms with Crippen LogP contribution in [0, 0.1) is 0 Å². The third-order valence-electron chi connectivity index (χ3n) is 1.65. The number of aromatic carboxylic acids is 1. The molecule has 0 bridgehead atoms. The summed E-state index contributed by atoms with van der Waals surface area (Å²) in [7, 11) is 1.42. The van der Waals surface area contributed by atoms with E-state index in [0.29, 0.717) is 5.52 Å². The van der Waals surface area contributed by atoms with Crippen molar-refractivity contribution in [3.05, 3.63) is 18.2 Å². The van der Waals surface area contributed by atoms with E-state index < -0.39 is 5.97 Å². The van der Waals surface area contributed by atoms with Crippen LogP contribution in [0.15, 0.2) is 16.7 Å². The monoisotopic (exact) mass is 194 g/mol. The van der Waals surface area contributed by atoms with Crippen molar-refractivity contribution in [1.29, 1.82) is 0 Å². The molecule has 2 rings (SSSR count). The Kier molecular flexibility index (Phi) is 1.81. The molecule has 2 heterocycles. The molecule has 1 N–H and O–H groups in total. The zero-order valence-electron chi connectivity index (χ0n) is 7.22. The van der Waals surface area contributed by atoms with Gasteiger partial charge in [-0.05, 0) is 6.07 Å². The van der Waals surface area contributed by atoms with Crippen molar-refractivity contribution in [3.63, 3.8) is 0 Å². The lowest BCUT2D eigenvalue weighted by atomic mass is 10.4. The second-order valence-electron chi connectivity index (χ2n) is 2.49. The molecule has 0 saturated carbocycles. The van der Waals surface area contributed by atoms with E-state index in [9.17, 15) is 4.79 Å². The van der Waals surface area contributed by atoms with Gasteiger partial charge < -0.3 is 14.3 Å². The van der Waals surface area contributed by atoms with Gasteiger partial charge in [0.15, 0.2) is 0 Å². The quantitative estimate of drug-likeness (QED) is 0.765. The maximum atomic E-state index is 10.6. The molecule has 2 aromatic rings. The number of carboxylic acid groups (broad SMARTS) is 1. The van der Waals surface area contributed by atoms with E-state index in [2.05, 4.69) is 9.97 Å². The normalized spacial score (nSPS) is 10.4. The predicted molar refractivity (Wildman–Crippen MR) is 45.3 cm³/mol. The number of methoxy groups -OCH3 is 1. The van der Waals surface area contributed by atoms with Crippen LogP contribution in [-0.4, -0.2) is 28.2 Å². The van der Waals surface area contributed by atoms with Gasteiger partial charge in [0.1, 0.15) is 5.52 Å². The summed E-state index contributed by atoms with van der Waals surface area (Å²) >= 11 is 0. The van der Waals surface area contributed by atoms with Crippen LogP contribution in [0.3, 0.4) is 0 Å². The van der Waals surface area contributed by atoms with E-state index >= 15 is 0 Å². The Labute approximate surface area is 78.1 Å². The first-order valence-corrected chi connectivity index (χ1v) is 3.75. The van der Waals surface area contributed by atoms with E-state index in [0.717, 1.165) is 0 Å². The van der Waals surface area contributed by atoms with Crippen LogP contribution in [0.4, 0.5) is 0 Å². The Bertz CT molecular complexity index is 491. The fourth-order valence-electron chi connectivity index (χ4n) is 1.07. The van der Waals surface area contributed by atoms with Crippen LogP contribution < -0.4 is 4.74 Å². The molecule has 6 heteroatoms. The number of nitrogens with zero attached hydrogens (tertiary/aromatic N) is 2. The molecule has 0 aliphatic carbocycles. The van der Waals surface area contributed by atoms with Crippen LogP contribution in [0.5, 0.6) is 5.88 Å². The minimum absolute atomic E-state index is 0.225. The van der Waals surface area contributed by atoms with Gasteiger partial charge >= 0.3 is 11.9 Å². The first-order chi connectivity index (χ1) is 6.72. The number of aromatic nitrogens is 2. The average molecular weight is 194 g/mol. The van der Waals surface area contributed by atoms with Gasteiger partial charge in [-0.1, -0.05) is 0 Å². The Morgan fingerprint density at radius 2 is 2.43 bits per heavy atom. The number of carbonyl (C=O) groups is 1. The van der Waals surface area contributed by atoms with Gasteiger partial charge in [0, 0.05) is 6.20 Å². The van der Waals surface area contributed by atoms with E-state index in [1.807, 2.05) is 0 Å². The van der Waals surface area contributed by atoms with Crippen LogP contribution in [-0.2, 0) is 0 Å². The summed E-state index contributed by atoms with van der Waals surface area (Å²) in [5, 5.41) is 8.63. The van der Waals surface area contributed by atoms with Crippen LogP contribution >= 0.6 is 0 Å². The molecule has 0 spiro atoms. The number of carboxylic acids is 1. The van der Waals surface area contributed by atoms with Crippen molar-refractivity contribution in [2.75, 3.05) is 7.11 Å². The summed E-state index contributed by atoms with van der Waals surface area (Å²) in [4.78, 5) is 18.1. The fraction of sp³-hybridized carbons (Fsp3) is 0.125. The topological polar surface area (TPSA) is 85.5 Å². The summed E-state index contributed by atoms with van der Waals surface area (Å²) in [6.07, 6.45) is 1.47. The van der Waals surface area contributed by atoms with Crippen LogP contribution in [0.2, 0.25) is 0 Å². The number of oxazole rings is 1. The lowest BCUT2D eigenvalue weighted by Crippen LogP contribution is -1.94. The van der Waals surface area contributed by atoms with Gasteiger partial charge in [-0.15, -0.1) is 0 Å². The molecular weight excluding hydrogens is 188 g/mol. The lowest BCUT2D eigenvalue weighted by molar-refractivity contribution is 0.0656. The first-order valence-electron chi connectivity index (χ1n) is 3.75. The van der Waals surface area contributed by atoms with Crippen molar-refractivity contribution >= 4 is 17.1 Å². The van der Waals surface area contributed by atoms with Crippen LogP contribution in [0.25, 0.3) is 11.1 Å². The molecule has 0 radical (unpaired) electrons. The zero-order chi connectivity index (χ0) is 10.1. The average Bonchev–Trinajstić information content (AvgIpc) is 2.60. The van der Waals surface area contributed by atoms with Crippen molar-refractivity contribution in [2.24, 2.45) is 0 Å². The van der Waals surface area contributed by atoms with E-state index in [4.69, 9.17) is 14.3 Å². The minimum Gasteiger partial charge on any atom is -0.478 e. The largest absolute Gasteiger partial charge is 0.478 e. The van der Waals surface area contributed by atoms with Gasteiger partial charge in [0.25, 0.3) is 5.88 Å². The van der Waals surface area contributed by atoms with Crippen molar-refractivity contribution in [3.8, 4) is 5.88 Å². The third kappa shape index (κ3) is 1.17. The van der Waals surface area contributed by atoms with Crippen molar-refractivity contribution in [2.45, 2.75) is 0 Å². The second-order valence-corrected chi connectivity index (χ2v) is 2.49. The highest BCUT2D eigenvalue weighted by Crippen LogP contribution is 2.23. The number of hydrogen-bond acceptors (Lipinski definition) is 5. The summed E-state index contributed by atoms with van der Waals surface area (Å²) in [6, 6.07) is 1.55. The molecule has 0 fully saturated rings. The number of ether oxygens (including phenoxy) is 1. The molecule has 0 atom stereocenters. The Balaban J connectivity index is 2.70. The van der Waals surface area contributed by atoms with Gasteiger partial charge in [-0.3, -0.25) is 0 Å². The smallest absolute Gasteiger partial charge is 0.392 e. The summed E-state index contributed by atoms with van der Waals surface area (Å²) in [5.41, 5.74) is 0.654. The number of pyridine rings is 1. The molecule has 6 nitrogen and oxygen atoms in total. The third-order valence-corrected chi connectivity index (χ3v) is 1.65. The van der Waals surface area contributed by atoms with Gasteiger partial charge in [-0.2, -0.15) is 0 Å². The maximum Gasteiger partial charge on any atom is 0.392 e. The van der Waals surface area contributed by atoms with Gasteiger partial charge in [0.05, 0.1) is 7.11 Å². The van der Waals surface area contributed by atoms with Gasteiger partial charge in [0.2, 0.25) is 5.58 Å². The number of rotatable bonds is 2. The van der Waals surface area contributed by atoms with E-state index in [1.165, 1.54) is 13.3 Å². The molecule has 0 saturated heterocycles. The fourth-order valence-corrected chi connectivity index (χ4v) is 1.07. The van der Waals surface area contributed by atoms with Crippen LogP contribution in [0.1, 0.15) is 10.7 Å². The molecule has 0 amide bonds. The van der Waals surface area contributed by atoms with E-state index in [1.54, 1.807) is 6.07 Å². The first kappa shape index (κ1) is 8.49. The summed E-state index contributed by atoms with van der Waals surface area (Å²) in [6.45, 7) is 0. The van der Waals surface area contributed by atoms with Crippen molar-refractivity contribution in [1.82, 2.24) is 9.97 Å². The number of hydrogen-bond donors (Lipinski definition) is 1. The molecular formula is C8H6N2O4. The molecule has 14 heavy (non-hydrogen) atoms. The van der Waals surface area contributed by atoms with Gasteiger partial charge in [-0.25, -0.2) is 14.8 Å². The maximum absolute atomic E-state index is 10.6. The molecule has 72 valence electrons. The highest BCUT2D eigenvalue weighted by atomic mass is 16.5. The molecule has 0 aliphatic rings. The van der Waals surface area contributed by atoms with E-state index in [-0.39, 0.29) is 17.4 Å². The Morgan fingerprint density at radius 3 is 3.07 bits per heavy atom. The molecule has 0 aromatic carbocycles. The Hall–Kier alpha value is -2.11. The SMILES string of the molecule is COc1nccc2nc(C(=O)O)oc12. The van der Waals surface area contributed by atoms with Crippen molar-refractivity contribution < 1.29 is 19.1 Å². The second kappa shape index (κ2) is 2.99. The molecule has 0 unspecified atom stereocenters.